The Hall–Kier alpha value is -1.98. The Morgan fingerprint density at radius 3 is 2.58 bits per heavy atom. The maximum absolute atomic E-state index is 8.58. The van der Waals surface area contributed by atoms with E-state index < -0.39 is 0 Å². The van der Waals surface area contributed by atoms with E-state index in [9.17, 15) is 0 Å². The summed E-state index contributed by atoms with van der Waals surface area (Å²) in [5.74, 6) is 0.824. The number of hydrogen-bond donors (Lipinski definition) is 0. The minimum Gasteiger partial charge on any atom is -0.489 e. The fraction of sp³-hybridized carbons (Fsp3) is 0.188. The van der Waals surface area contributed by atoms with Crippen molar-refractivity contribution in [3.05, 3.63) is 64.7 Å². The molecule has 0 aliphatic heterocycles. The lowest BCUT2D eigenvalue weighted by molar-refractivity contribution is 0.306. The molecule has 0 amide bonds. The second kappa shape index (κ2) is 6.82. The molecule has 2 aromatic rings. The Balaban J connectivity index is 1.95. The van der Waals surface area contributed by atoms with Crippen molar-refractivity contribution in [3.8, 4) is 11.8 Å². The fourth-order valence-corrected chi connectivity index (χ4v) is 1.86. The monoisotopic (exact) mass is 271 g/mol. The molecule has 0 spiro atoms. The second-order valence-electron chi connectivity index (χ2n) is 4.22. The van der Waals surface area contributed by atoms with Crippen LogP contribution in [0.4, 0.5) is 0 Å². The van der Waals surface area contributed by atoms with E-state index in [1.165, 1.54) is 0 Å². The van der Waals surface area contributed by atoms with Gasteiger partial charge in [0.05, 0.1) is 6.07 Å². The largest absolute Gasteiger partial charge is 0.489 e. The van der Waals surface area contributed by atoms with Crippen molar-refractivity contribution in [1.82, 2.24) is 0 Å². The molecule has 0 N–H and O–H groups in total. The lowest BCUT2D eigenvalue weighted by atomic mass is 10.1. The van der Waals surface area contributed by atoms with Crippen LogP contribution in [-0.4, -0.2) is 0 Å². The van der Waals surface area contributed by atoms with Gasteiger partial charge in [-0.1, -0.05) is 35.9 Å². The molecule has 0 radical (unpaired) electrons. The van der Waals surface area contributed by atoms with Gasteiger partial charge in [0, 0.05) is 11.4 Å². The van der Waals surface area contributed by atoms with Crippen molar-refractivity contribution in [2.75, 3.05) is 0 Å². The minimum absolute atomic E-state index is 0.513. The maximum Gasteiger partial charge on any atom is 0.120 e. The van der Waals surface area contributed by atoms with E-state index in [0.29, 0.717) is 13.0 Å². The molecule has 0 aliphatic carbocycles. The highest BCUT2D eigenvalue weighted by molar-refractivity contribution is 6.30. The molecular formula is C16H14ClNO. The Labute approximate surface area is 118 Å². The summed E-state index contributed by atoms with van der Waals surface area (Å²) in [6, 6.07) is 17.6. The van der Waals surface area contributed by atoms with Gasteiger partial charge >= 0.3 is 0 Å². The van der Waals surface area contributed by atoms with Crippen LogP contribution in [0.25, 0.3) is 0 Å². The summed E-state index contributed by atoms with van der Waals surface area (Å²) in [6.45, 7) is 0.513. The molecular weight excluding hydrogens is 258 g/mol. The van der Waals surface area contributed by atoms with E-state index in [2.05, 4.69) is 6.07 Å². The Bertz CT molecular complexity index is 572. The lowest BCUT2D eigenvalue weighted by Crippen LogP contribution is -1.95. The summed E-state index contributed by atoms with van der Waals surface area (Å²) in [7, 11) is 0. The van der Waals surface area contributed by atoms with Gasteiger partial charge in [0.25, 0.3) is 0 Å². The van der Waals surface area contributed by atoms with Crippen LogP contribution in [-0.2, 0) is 13.0 Å². The highest BCUT2D eigenvalue weighted by Crippen LogP contribution is 2.17. The number of nitriles is 1. The highest BCUT2D eigenvalue weighted by atomic mass is 35.5. The number of aryl methyl sites for hydroxylation is 1. The number of nitrogens with zero attached hydrogens (tertiary/aromatic N) is 1. The number of rotatable bonds is 5. The van der Waals surface area contributed by atoms with Crippen molar-refractivity contribution in [2.45, 2.75) is 19.4 Å². The number of halogens is 1. The standard InChI is InChI=1S/C16H14ClNO/c17-15-8-6-14(7-9-15)12-19-16-5-1-3-13(11-16)4-2-10-18/h1,3,5-9,11H,2,4,12H2. The molecule has 2 rings (SSSR count). The zero-order valence-electron chi connectivity index (χ0n) is 10.5. The first kappa shape index (κ1) is 13.5. The predicted octanol–water partition coefficient (Wildman–Crippen LogP) is 4.38. The second-order valence-corrected chi connectivity index (χ2v) is 4.66. The van der Waals surface area contributed by atoms with Gasteiger partial charge < -0.3 is 4.74 Å². The molecule has 3 heteroatoms. The van der Waals surface area contributed by atoms with Gasteiger partial charge in [-0.3, -0.25) is 0 Å². The SMILES string of the molecule is N#CCCc1cccc(OCc2ccc(Cl)cc2)c1. The average Bonchev–Trinajstić information content (AvgIpc) is 2.45. The van der Waals surface area contributed by atoms with Crippen LogP contribution in [0, 0.1) is 11.3 Å². The molecule has 0 bridgehead atoms. The van der Waals surface area contributed by atoms with Gasteiger partial charge in [0.2, 0.25) is 0 Å². The fourth-order valence-electron chi connectivity index (χ4n) is 1.74. The van der Waals surface area contributed by atoms with Crippen molar-refractivity contribution in [2.24, 2.45) is 0 Å². The first-order chi connectivity index (χ1) is 9.28. The van der Waals surface area contributed by atoms with Gasteiger partial charge in [0.15, 0.2) is 0 Å². The van der Waals surface area contributed by atoms with Crippen LogP contribution in [0.5, 0.6) is 5.75 Å². The number of benzene rings is 2. The van der Waals surface area contributed by atoms with Crippen molar-refractivity contribution in [3.63, 3.8) is 0 Å². The summed E-state index contributed by atoms with van der Waals surface area (Å²) >= 11 is 5.83. The Kier molecular flexibility index (Phi) is 4.83. The normalized spacial score (nSPS) is 9.89. The summed E-state index contributed by atoms with van der Waals surface area (Å²) in [6.07, 6.45) is 1.29. The maximum atomic E-state index is 8.58. The van der Waals surface area contributed by atoms with E-state index in [1.807, 2.05) is 48.5 Å². The van der Waals surface area contributed by atoms with Crippen molar-refractivity contribution < 1.29 is 4.74 Å². The topological polar surface area (TPSA) is 33.0 Å². The third-order valence-corrected chi connectivity index (χ3v) is 2.99. The molecule has 0 unspecified atom stereocenters. The van der Waals surface area contributed by atoms with E-state index in [1.54, 1.807) is 0 Å². The highest BCUT2D eigenvalue weighted by Gasteiger charge is 1.99. The first-order valence-electron chi connectivity index (χ1n) is 6.11. The van der Waals surface area contributed by atoms with Crippen LogP contribution in [0.2, 0.25) is 5.02 Å². The van der Waals surface area contributed by atoms with Gasteiger partial charge in [-0.05, 0) is 41.8 Å². The molecule has 0 atom stereocenters. The van der Waals surface area contributed by atoms with Crippen molar-refractivity contribution >= 4 is 11.6 Å². The number of hydrogen-bond acceptors (Lipinski definition) is 2. The molecule has 0 heterocycles. The molecule has 19 heavy (non-hydrogen) atoms. The van der Waals surface area contributed by atoms with Crippen LogP contribution >= 0.6 is 11.6 Å². The third kappa shape index (κ3) is 4.31. The van der Waals surface area contributed by atoms with Gasteiger partial charge in [-0.2, -0.15) is 5.26 Å². The molecule has 96 valence electrons. The zero-order chi connectivity index (χ0) is 13.5. The van der Waals surface area contributed by atoms with Crippen molar-refractivity contribution in [1.29, 1.82) is 5.26 Å². The molecule has 0 saturated heterocycles. The summed E-state index contributed by atoms with van der Waals surface area (Å²) in [4.78, 5) is 0. The minimum atomic E-state index is 0.513. The summed E-state index contributed by atoms with van der Waals surface area (Å²) in [5.41, 5.74) is 2.20. The molecule has 0 saturated carbocycles. The Morgan fingerprint density at radius 2 is 1.84 bits per heavy atom. The zero-order valence-corrected chi connectivity index (χ0v) is 11.2. The molecule has 0 aliphatic rings. The van der Waals surface area contributed by atoms with E-state index >= 15 is 0 Å². The molecule has 0 fully saturated rings. The van der Waals surface area contributed by atoms with Gasteiger partial charge in [0.1, 0.15) is 12.4 Å². The average molecular weight is 272 g/mol. The molecule has 0 aromatic heterocycles. The van der Waals surface area contributed by atoms with E-state index in [-0.39, 0.29) is 0 Å². The van der Waals surface area contributed by atoms with Crippen LogP contribution in [0.15, 0.2) is 48.5 Å². The number of ether oxygens (including phenoxy) is 1. The summed E-state index contributed by atoms with van der Waals surface area (Å²) in [5, 5.41) is 9.30. The summed E-state index contributed by atoms with van der Waals surface area (Å²) < 4.78 is 5.73. The van der Waals surface area contributed by atoms with E-state index in [4.69, 9.17) is 21.6 Å². The first-order valence-corrected chi connectivity index (χ1v) is 6.49. The van der Waals surface area contributed by atoms with Crippen LogP contribution < -0.4 is 4.74 Å². The lowest BCUT2D eigenvalue weighted by Gasteiger charge is -2.07. The smallest absolute Gasteiger partial charge is 0.120 e. The molecule has 2 nitrogen and oxygen atoms in total. The quantitative estimate of drug-likeness (QED) is 0.809. The molecule has 2 aromatic carbocycles. The van der Waals surface area contributed by atoms with E-state index in [0.717, 1.165) is 28.3 Å². The predicted molar refractivity (Wildman–Crippen MR) is 76.2 cm³/mol. The van der Waals surface area contributed by atoms with Crippen LogP contribution in [0.1, 0.15) is 17.5 Å². The van der Waals surface area contributed by atoms with Gasteiger partial charge in [-0.15, -0.1) is 0 Å². The van der Waals surface area contributed by atoms with Gasteiger partial charge in [-0.25, -0.2) is 0 Å². The third-order valence-electron chi connectivity index (χ3n) is 2.74. The van der Waals surface area contributed by atoms with Crippen LogP contribution in [0.3, 0.4) is 0 Å². The Morgan fingerprint density at radius 1 is 1.05 bits per heavy atom.